The van der Waals surface area contributed by atoms with Crippen molar-refractivity contribution in [2.45, 2.75) is 6.61 Å². The Morgan fingerprint density at radius 2 is 1.74 bits per heavy atom. The highest BCUT2D eigenvalue weighted by Crippen LogP contribution is 2.35. The van der Waals surface area contributed by atoms with E-state index in [9.17, 15) is 13.6 Å². The standard InChI is InChI=1S/C16H13BrF2O4/c1-21-12-6-10(7-13(22-2)14(12)17)16(20)23-8-9-4-3-5-11(18)15(9)19/h3-7H,8H2,1-2H3. The van der Waals surface area contributed by atoms with Crippen LogP contribution in [-0.4, -0.2) is 20.2 Å². The fourth-order valence-corrected chi connectivity index (χ4v) is 2.43. The molecule has 0 aromatic heterocycles. The second-order valence-corrected chi connectivity index (χ2v) is 5.28. The minimum absolute atomic E-state index is 0.0469. The molecule has 0 saturated heterocycles. The van der Waals surface area contributed by atoms with Crippen molar-refractivity contribution in [3.63, 3.8) is 0 Å². The maximum Gasteiger partial charge on any atom is 0.338 e. The molecule has 0 unspecified atom stereocenters. The fourth-order valence-electron chi connectivity index (χ4n) is 1.87. The molecule has 2 rings (SSSR count). The van der Waals surface area contributed by atoms with E-state index in [0.717, 1.165) is 6.07 Å². The summed E-state index contributed by atoms with van der Waals surface area (Å²) in [5, 5.41) is 0. The predicted molar refractivity (Wildman–Crippen MR) is 82.7 cm³/mol. The molecule has 0 aliphatic carbocycles. The van der Waals surface area contributed by atoms with Gasteiger partial charge in [-0.2, -0.15) is 0 Å². The summed E-state index contributed by atoms with van der Waals surface area (Å²) in [6.45, 7) is -0.386. The molecule has 0 spiro atoms. The van der Waals surface area contributed by atoms with Crippen LogP contribution in [0, 0.1) is 11.6 Å². The molecule has 0 fully saturated rings. The minimum Gasteiger partial charge on any atom is -0.495 e. The van der Waals surface area contributed by atoms with Crippen molar-refractivity contribution >= 4 is 21.9 Å². The molecule has 0 N–H and O–H groups in total. The van der Waals surface area contributed by atoms with Crippen molar-refractivity contribution in [2.24, 2.45) is 0 Å². The Balaban J connectivity index is 2.19. The Bertz CT molecular complexity index is 709. The third kappa shape index (κ3) is 3.79. The van der Waals surface area contributed by atoms with E-state index in [1.165, 1.54) is 38.5 Å². The largest absolute Gasteiger partial charge is 0.495 e. The number of carbonyl (C=O) groups excluding carboxylic acids is 1. The van der Waals surface area contributed by atoms with Gasteiger partial charge in [0, 0.05) is 5.56 Å². The third-order valence-corrected chi connectivity index (χ3v) is 3.85. The molecule has 0 heterocycles. The van der Waals surface area contributed by atoms with Crippen LogP contribution in [0.2, 0.25) is 0 Å². The molecular weight excluding hydrogens is 374 g/mol. The highest BCUT2D eigenvalue weighted by atomic mass is 79.9. The summed E-state index contributed by atoms with van der Waals surface area (Å²) in [6, 6.07) is 6.58. The average Bonchev–Trinajstić information content (AvgIpc) is 2.56. The van der Waals surface area contributed by atoms with Gasteiger partial charge in [0.1, 0.15) is 22.6 Å². The molecule has 7 heteroatoms. The highest BCUT2D eigenvalue weighted by Gasteiger charge is 2.17. The van der Waals surface area contributed by atoms with Crippen LogP contribution in [0.4, 0.5) is 8.78 Å². The number of halogens is 3. The first kappa shape index (κ1) is 17.2. The van der Waals surface area contributed by atoms with Gasteiger partial charge in [0.2, 0.25) is 0 Å². The van der Waals surface area contributed by atoms with Crippen LogP contribution < -0.4 is 9.47 Å². The van der Waals surface area contributed by atoms with E-state index in [4.69, 9.17) is 14.2 Å². The van der Waals surface area contributed by atoms with Gasteiger partial charge in [-0.1, -0.05) is 12.1 Å². The lowest BCUT2D eigenvalue weighted by molar-refractivity contribution is 0.0467. The van der Waals surface area contributed by atoms with E-state index in [-0.39, 0.29) is 17.7 Å². The predicted octanol–water partition coefficient (Wildman–Crippen LogP) is 4.10. The third-order valence-electron chi connectivity index (χ3n) is 3.07. The highest BCUT2D eigenvalue weighted by molar-refractivity contribution is 9.10. The van der Waals surface area contributed by atoms with Crippen molar-refractivity contribution in [3.8, 4) is 11.5 Å². The monoisotopic (exact) mass is 386 g/mol. The number of benzene rings is 2. The summed E-state index contributed by atoms with van der Waals surface area (Å²) in [4.78, 5) is 12.1. The molecule has 0 radical (unpaired) electrons. The van der Waals surface area contributed by atoms with Crippen LogP contribution in [0.15, 0.2) is 34.8 Å². The Morgan fingerprint density at radius 3 is 2.30 bits per heavy atom. The van der Waals surface area contributed by atoms with Crippen molar-refractivity contribution < 1.29 is 27.8 Å². The van der Waals surface area contributed by atoms with E-state index >= 15 is 0 Å². The number of rotatable bonds is 5. The molecule has 0 aliphatic rings. The first-order valence-corrected chi connectivity index (χ1v) is 7.28. The second-order valence-electron chi connectivity index (χ2n) is 4.48. The molecule has 0 amide bonds. The van der Waals surface area contributed by atoms with Crippen LogP contribution in [0.5, 0.6) is 11.5 Å². The maximum atomic E-state index is 13.5. The summed E-state index contributed by atoms with van der Waals surface area (Å²) in [5.74, 6) is -1.98. The summed E-state index contributed by atoms with van der Waals surface area (Å²) < 4.78 is 42.5. The number of hydrogen-bond donors (Lipinski definition) is 0. The van der Waals surface area contributed by atoms with E-state index < -0.39 is 17.6 Å². The van der Waals surface area contributed by atoms with Gasteiger partial charge in [0.05, 0.1) is 19.8 Å². The molecule has 23 heavy (non-hydrogen) atoms. The SMILES string of the molecule is COc1cc(C(=O)OCc2cccc(F)c2F)cc(OC)c1Br. The Hall–Kier alpha value is -2.15. The quantitative estimate of drug-likeness (QED) is 0.725. The van der Waals surface area contributed by atoms with E-state index in [1.54, 1.807) is 0 Å². The number of ether oxygens (including phenoxy) is 3. The second kappa shape index (κ2) is 7.41. The molecule has 0 saturated carbocycles. The smallest absolute Gasteiger partial charge is 0.338 e. The van der Waals surface area contributed by atoms with Crippen LogP contribution in [0.1, 0.15) is 15.9 Å². The summed E-state index contributed by atoms with van der Waals surface area (Å²) in [5.41, 5.74) is 0.119. The number of hydrogen-bond acceptors (Lipinski definition) is 4. The van der Waals surface area contributed by atoms with Crippen molar-refractivity contribution in [1.82, 2.24) is 0 Å². The van der Waals surface area contributed by atoms with Gasteiger partial charge < -0.3 is 14.2 Å². The minimum atomic E-state index is -1.04. The lowest BCUT2D eigenvalue weighted by Gasteiger charge is -2.11. The average molecular weight is 387 g/mol. The van der Waals surface area contributed by atoms with Gasteiger partial charge >= 0.3 is 5.97 Å². The molecule has 0 aliphatic heterocycles. The normalized spacial score (nSPS) is 10.3. The van der Waals surface area contributed by atoms with Gasteiger partial charge in [-0.05, 0) is 34.1 Å². The first-order valence-electron chi connectivity index (χ1n) is 6.49. The van der Waals surface area contributed by atoms with E-state index in [2.05, 4.69) is 15.9 Å². The summed E-state index contributed by atoms with van der Waals surface area (Å²) in [7, 11) is 2.88. The Morgan fingerprint density at radius 1 is 1.13 bits per heavy atom. The summed E-state index contributed by atoms with van der Waals surface area (Å²) >= 11 is 3.28. The Kier molecular flexibility index (Phi) is 5.54. The number of esters is 1. The lowest BCUT2D eigenvalue weighted by atomic mass is 10.2. The van der Waals surface area contributed by atoms with Gasteiger partial charge in [-0.15, -0.1) is 0 Å². The van der Waals surface area contributed by atoms with Gasteiger partial charge in [0.25, 0.3) is 0 Å². The van der Waals surface area contributed by atoms with Gasteiger partial charge in [-0.25, -0.2) is 13.6 Å². The Labute approximate surface area is 140 Å². The molecular formula is C16H13BrF2O4. The van der Waals surface area contributed by atoms with Crippen molar-refractivity contribution in [2.75, 3.05) is 14.2 Å². The van der Waals surface area contributed by atoms with Crippen LogP contribution in [0.3, 0.4) is 0 Å². The zero-order valence-electron chi connectivity index (χ0n) is 12.4. The zero-order valence-corrected chi connectivity index (χ0v) is 13.9. The van der Waals surface area contributed by atoms with Crippen LogP contribution >= 0.6 is 15.9 Å². The van der Waals surface area contributed by atoms with Crippen LogP contribution in [0.25, 0.3) is 0 Å². The van der Waals surface area contributed by atoms with Crippen LogP contribution in [-0.2, 0) is 11.3 Å². The molecule has 0 bridgehead atoms. The van der Waals surface area contributed by atoms with E-state index in [0.29, 0.717) is 16.0 Å². The molecule has 122 valence electrons. The molecule has 4 nitrogen and oxygen atoms in total. The molecule has 2 aromatic rings. The lowest BCUT2D eigenvalue weighted by Crippen LogP contribution is -2.08. The first-order chi connectivity index (χ1) is 11.0. The van der Waals surface area contributed by atoms with Crippen molar-refractivity contribution in [1.29, 1.82) is 0 Å². The summed E-state index contributed by atoms with van der Waals surface area (Å²) in [6.07, 6.45) is 0. The maximum absolute atomic E-state index is 13.5. The fraction of sp³-hybridized carbons (Fsp3) is 0.188. The van der Waals surface area contributed by atoms with Gasteiger partial charge in [-0.3, -0.25) is 0 Å². The van der Waals surface area contributed by atoms with E-state index in [1.807, 2.05) is 0 Å². The molecule has 0 atom stereocenters. The zero-order chi connectivity index (χ0) is 17.0. The topological polar surface area (TPSA) is 44.8 Å². The molecule has 2 aromatic carbocycles. The van der Waals surface area contributed by atoms with Gasteiger partial charge in [0.15, 0.2) is 11.6 Å². The number of carbonyl (C=O) groups is 1. The number of methoxy groups -OCH3 is 2. The van der Waals surface area contributed by atoms with Crippen molar-refractivity contribution in [3.05, 3.63) is 57.6 Å².